The van der Waals surface area contributed by atoms with Crippen LogP contribution in [0.25, 0.3) is 0 Å². The molecule has 0 saturated carbocycles. The molecular weight excluding hydrogens is 278 g/mol. The van der Waals surface area contributed by atoms with E-state index < -0.39 is 15.8 Å². The van der Waals surface area contributed by atoms with E-state index in [0.717, 1.165) is 6.26 Å². The molecule has 0 unspecified atom stereocenters. The van der Waals surface area contributed by atoms with Crippen LogP contribution in [0, 0.1) is 0 Å². The maximum absolute atomic E-state index is 11.7. The number of carboxylic acid groups (broad SMARTS) is 1. The fraction of sp³-hybridized carbons (Fsp3) is 0.0714. The molecule has 0 radical (unpaired) electrons. The van der Waals surface area contributed by atoms with Gasteiger partial charge in [-0.05, 0) is 24.3 Å². The molecule has 0 aliphatic carbocycles. The molecule has 104 valence electrons. The number of sulfone groups is 1. The Hall–Kier alpha value is -2.34. The van der Waals surface area contributed by atoms with Crippen LogP contribution in [0.5, 0.6) is 0 Å². The Morgan fingerprint density at radius 2 is 1.55 bits per heavy atom. The molecule has 0 atom stereocenters. The summed E-state index contributed by atoms with van der Waals surface area (Å²) in [7, 11) is -3.40. The molecule has 0 amide bonds. The predicted molar refractivity (Wildman–Crippen MR) is 76.2 cm³/mol. The van der Waals surface area contributed by atoms with Crippen LogP contribution in [0.15, 0.2) is 53.4 Å². The van der Waals surface area contributed by atoms with Gasteiger partial charge >= 0.3 is 5.97 Å². The summed E-state index contributed by atoms with van der Waals surface area (Å²) in [6, 6.07) is 12.7. The smallest absolute Gasteiger partial charge is 0.337 e. The number of carbonyl (C=O) groups is 1. The summed E-state index contributed by atoms with van der Waals surface area (Å²) in [6.45, 7) is 0. The van der Waals surface area contributed by atoms with Crippen molar-refractivity contribution in [2.24, 2.45) is 0 Å². The summed E-state index contributed by atoms with van der Waals surface area (Å²) < 4.78 is 23.4. The fourth-order valence-electron chi connectivity index (χ4n) is 1.82. The highest BCUT2D eigenvalue weighted by Crippen LogP contribution is 2.26. The van der Waals surface area contributed by atoms with Crippen molar-refractivity contribution in [3.63, 3.8) is 0 Å². The van der Waals surface area contributed by atoms with Gasteiger partial charge in [0.25, 0.3) is 0 Å². The van der Waals surface area contributed by atoms with Gasteiger partial charge in [0.1, 0.15) is 0 Å². The number of aromatic carboxylic acids is 1. The molecule has 0 bridgehead atoms. The van der Waals surface area contributed by atoms with Gasteiger partial charge in [-0.15, -0.1) is 0 Å². The van der Waals surface area contributed by atoms with Crippen molar-refractivity contribution in [2.45, 2.75) is 4.90 Å². The lowest BCUT2D eigenvalue weighted by Crippen LogP contribution is -2.06. The first-order valence-corrected chi connectivity index (χ1v) is 7.67. The average Bonchev–Trinajstić information content (AvgIpc) is 2.38. The lowest BCUT2D eigenvalue weighted by Gasteiger charge is -2.12. The number of nitrogens with one attached hydrogen (secondary N) is 1. The first-order valence-electron chi connectivity index (χ1n) is 5.78. The van der Waals surface area contributed by atoms with Gasteiger partial charge in [-0.25, -0.2) is 13.2 Å². The van der Waals surface area contributed by atoms with Crippen molar-refractivity contribution >= 4 is 27.2 Å². The molecule has 20 heavy (non-hydrogen) atoms. The average molecular weight is 291 g/mol. The zero-order chi connectivity index (χ0) is 14.8. The van der Waals surface area contributed by atoms with E-state index in [2.05, 4.69) is 5.32 Å². The fourth-order valence-corrected chi connectivity index (χ4v) is 2.66. The molecule has 0 aliphatic heterocycles. The third-order valence-corrected chi connectivity index (χ3v) is 3.87. The minimum absolute atomic E-state index is 0.0794. The van der Waals surface area contributed by atoms with Crippen molar-refractivity contribution in [1.29, 1.82) is 0 Å². The van der Waals surface area contributed by atoms with Gasteiger partial charge in [-0.1, -0.05) is 24.3 Å². The molecule has 2 aromatic carbocycles. The summed E-state index contributed by atoms with van der Waals surface area (Å²) in [5.74, 6) is -1.08. The van der Waals surface area contributed by atoms with Gasteiger partial charge in [0.2, 0.25) is 0 Å². The van der Waals surface area contributed by atoms with E-state index in [4.69, 9.17) is 5.11 Å². The second-order valence-corrected chi connectivity index (χ2v) is 6.23. The number of benzene rings is 2. The highest BCUT2D eigenvalue weighted by atomic mass is 32.2. The van der Waals surface area contributed by atoms with E-state index in [-0.39, 0.29) is 10.5 Å². The highest BCUT2D eigenvalue weighted by Gasteiger charge is 2.15. The quantitative estimate of drug-likeness (QED) is 0.904. The minimum atomic E-state index is -3.40. The van der Waals surface area contributed by atoms with Gasteiger partial charge in [0.05, 0.1) is 21.8 Å². The largest absolute Gasteiger partial charge is 0.478 e. The highest BCUT2D eigenvalue weighted by molar-refractivity contribution is 7.90. The monoisotopic (exact) mass is 291 g/mol. The van der Waals surface area contributed by atoms with Gasteiger partial charge in [0.15, 0.2) is 9.84 Å². The molecule has 0 heterocycles. The van der Waals surface area contributed by atoms with Crippen LogP contribution in [-0.2, 0) is 9.84 Å². The van der Waals surface area contributed by atoms with Crippen LogP contribution in [0.3, 0.4) is 0 Å². The zero-order valence-corrected chi connectivity index (χ0v) is 11.5. The van der Waals surface area contributed by atoms with Gasteiger partial charge in [-0.3, -0.25) is 0 Å². The van der Waals surface area contributed by atoms with Crippen LogP contribution < -0.4 is 5.32 Å². The second kappa shape index (κ2) is 5.34. The lowest BCUT2D eigenvalue weighted by atomic mass is 10.1. The van der Waals surface area contributed by atoms with Gasteiger partial charge in [-0.2, -0.15) is 0 Å². The van der Waals surface area contributed by atoms with Crippen molar-refractivity contribution in [3.8, 4) is 0 Å². The predicted octanol–water partition coefficient (Wildman–Crippen LogP) is 2.53. The van der Waals surface area contributed by atoms with Crippen LogP contribution in [0.1, 0.15) is 10.4 Å². The molecule has 2 rings (SSSR count). The Kier molecular flexibility index (Phi) is 3.76. The zero-order valence-electron chi connectivity index (χ0n) is 10.7. The third-order valence-electron chi connectivity index (χ3n) is 2.71. The Labute approximate surface area is 116 Å². The molecule has 2 N–H and O–H groups in total. The van der Waals surface area contributed by atoms with Crippen LogP contribution in [0.2, 0.25) is 0 Å². The summed E-state index contributed by atoms with van der Waals surface area (Å²) in [5, 5.41) is 12.0. The van der Waals surface area contributed by atoms with E-state index in [0.29, 0.717) is 11.4 Å². The minimum Gasteiger partial charge on any atom is -0.478 e. The number of anilines is 2. The summed E-state index contributed by atoms with van der Waals surface area (Å²) in [5.41, 5.74) is 0.774. The molecule has 0 fully saturated rings. The normalized spacial score (nSPS) is 11.1. The van der Waals surface area contributed by atoms with Crippen molar-refractivity contribution in [1.82, 2.24) is 0 Å². The van der Waals surface area contributed by atoms with E-state index >= 15 is 0 Å². The molecule has 2 aromatic rings. The van der Waals surface area contributed by atoms with Crippen LogP contribution in [0.4, 0.5) is 11.4 Å². The first kappa shape index (κ1) is 14.1. The first-order chi connectivity index (χ1) is 9.39. The Balaban J connectivity index is 2.49. The number of para-hydroxylation sites is 2. The molecule has 0 aliphatic rings. The van der Waals surface area contributed by atoms with Gasteiger partial charge in [0, 0.05) is 6.26 Å². The molecule has 0 spiro atoms. The molecular formula is C14H13NO4S. The lowest BCUT2D eigenvalue weighted by molar-refractivity contribution is 0.0698. The van der Waals surface area contributed by atoms with E-state index in [1.807, 2.05) is 0 Å². The number of hydrogen-bond donors (Lipinski definition) is 2. The number of hydrogen-bond acceptors (Lipinski definition) is 4. The molecule has 6 heteroatoms. The van der Waals surface area contributed by atoms with E-state index in [1.54, 1.807) is 36.4 Å². The third kappa shape index (κ3) is 2.97. The maximum Gasteiger partial charge on any atom is 0.337 e. The Morgan fingerprint density at radius 3 is 2.15 bits per heavy atom. The van der Waals surface area contributed by atoms with Crippen LogP contribution in [-0.4, -0.2) is 25.7 Å². The second-order valence-electron chi connectivity index (χ2n) is 4.24. The van der Waals surface area contributed by atoms with Crippen molar-refractivity contribution in [3.05, 3.63) is 54.1 Å². The molecule has 5 nitrogen and oxygen atoms in total. The van der Waals surface area contributed by atoms with E-state index in [9.17, 15) is 13.2 Å². The van der Waals surface area contributed by atoms with Crippen molar-refractivity contribution in [2.75, 3.05) is 11.6 Å². The summed E-state index contributed by atoms with van der Waals surface area (Å²) >= 11 is 0. The summed E-state index contributed by atoms with van der Waals surface area (Å²) in [6.07, 6.45) is 1.11. The Morgan fingerprint density at radius 1 is 1.00 bits per heavy atom. The van der Waals surface area contributed by atoms with Crippen molar-refractivity contribution < 1.29 is 18.3 Å². The SMILES string of the molecule is CS(=O)(=O)c1ccccc1Nc1ccccc1C(=O)O. The summed E-state index contributed by atoms with van der Waals surface area (Å²) in [4.78, 5) is 11.3. The van der Waals surface area contributed by atoms with Crippen LogP contribution >= 0.6 is 0 Å². The number of carboxylic acids is 1. The maximum atomic E-state index is 11.7. The Bertz CT molecular complexity index is 753. The van der Waals surface area contributed by atoms with Gasteiger partial charge < -0.3 is 10.4 Å². The standard InChI is InChI=1S/C14H13NO4S/c1-20(18,19)13-9-5-4-8-12(13)15-11-7-3-2-6-10(11)14(16)17/h2-9,15H,1H3,(H,16,17). The topological polar surface area (TPSA) is 83.5 Å². The molecule has 0 saturated heterocycles. The van der Waals surface area contributed by atoms with E-state index in [1.165, 1.54) is 12.1 Å². The molecule has 0 aromatic heterocycles. The number of rotatable bonds is 4.